The van der Waals surface area contributed by atoms with E-state index in [-0.39, 0.29) is 11.5 Å². The maximum Gasteiger partial charge on any atom is 0.212 e. The second kappa shape index (κ2) is 8.46. The number of Topliss-reactive ketones (excluding diaryl/α,β-unsaturated/α-hetero) is 1. The topological polar surface area (TPSA) is 84.3 Å². The fourth-order valence-electron chi connectivity index (χ4n) is 5.23. The van der Waals surface area contributed by atoms with Gasteiger partial charge in [0.25, 0.3) is 0 Å². The molecule has 0 amide bonds. The summed E-state index contributed by atoms with van der Waals surface area (Å²) < 4.78 is 0. The SMILES string of the molecule is O=C1C2=NNCN2c2ccccc2C1c1c(O)cccc1CN1CCN(c2ccccn2)CC1. The van der Waals surface area contributed by atoms with Crippen molar-refractivity contribution in [2.24, 2.45) is 5.10 Å². The van der Waals surface area contributed by atoms with E-state index in [1.54, 1.807) is 6.07 Å². The van der Waals surface area contributed by atoms with Crippen LogP contribution in [-0.2, 0) is 11.3 Å². The third-order valence-corrected chi connectivity index (χ3v) is 6.89. The number of aromatic hydroxyl groups is 1. The summed E-state index contributed by atoms with van der Waals surface area (Å²) in [6.45, 7) is 4.66. The number of benzene rings is 2. The molecule has 0 radical (unpaired) electrons. The number of hydrogen-bond donors (Lipinski definition) is 2. The predicted molar refractivity (Wildman–Crippen MR) is 131 cm³/mol. The number of phenols is 1. The molecule has 172 valence electrons. The van der Waals surface area contributed by atoms with Crippen LogP contribution >= 0.6 is 0 Å². The van der Waals surface area contributed by atoms with Crippen molar-refractivity contribution >= 4 is 23.1 Å². The third kappa shape index (κ3) is 3.47. The molecule has 8 nitrogen and oxygen atoms in total. The number of pyridine rings is 1. The number of phenolic OH excluding ortho intramolecular Hbond substituents is 1. The third-order valence-electron chi connectivity index (χ3n) is 6.89. The Morgan fingerprint density at radius 3 is 2.62 bits per heavy atom. The molecule has 0 spiro atoms. The number of aromatic nitrogens is 1. The Morgan fingerprint density at radius 1 is 0.971 bits per heavy atom. The van der Waals surface area contributed by atoms with Crippen LogP contribution < -0.4 is 15.2 Å². The highest BCUT2D eigenvalue weighted by Crippen LogP contribution is 2.43. The highest BCUT2D eigenvalue weighted by atomic mass is 16.3. The highest BCUT2D eigenvalue weighted by Gasteiger charge is 2.42. The first-order valence-corrected chi connectivity index (χ1v) is 11.6. The van der Waals surface area contributed by atoms with Crippen LogP contribution in [0, 0.1) is 0 Å². The molecule has 4 heterocycles. The molecule has 0 saturated carbocycles. The van der Waals surface area contributed by atoms with Gasteiger partial charge in [-0.15, -0.1) is 0 Å². The van der Waals surface area contributed by atoms with Crippen molar-refractivity contribution in [3.63, 3.8) is 0 Å². The number of hydrogen-bond acceptors (Lipinski definition) is 8. The van der Waals surface area contributed by atoms with Crippen molar-refractivity contribution < 1.29 is 9.90 Å². The number of amidine groups is 1. The van der Waals surface area contributed by atoms with Gasteiger partial charge in [-0.2, -0.15) is 5.10 Å². The minimum absolute atomic E-state index is 0.0913. The summed E-state index contributed by atoms with van der Waals surface area (Å²) in [6, 6.07) is 19.4. The monoisotopic (exact) mass is 454 g/mol. The lowest BCUT2D eigenvalue weighted by molar-refractivity contribution is -0.113. The normalized spacial score (nSPS) is 19.9. The van der Waals surface area contributed by atoms with Gasteiger partial charge in [0.05, 0.1) is 5.92 Å². The summed E-state index contributed by atoms with van der Waals surface area (Å²) in [5.74, 6) is 0.878. The van der Waals surface area contributed by atoms with Gasteiger partial charge in [-0.3, -0.25) is 15.1 Å². The largest absolute Gasteiger partial charge is 0.508 e. The van der Waals surface area contributed by atoms with Crippen molar-refractivity contribution in [1.29, 1.82) is 0 Å². The fraction of sp³-hybridized carbons (Fsp3) is 0.269. The molecule has 34 heavy (non-hydrogen) atoms. The number of nitrogens with zero attached hydrogens (tertiary/aromatic N) is 5. The number of rotatable bonds is 4. The van der Waals surface area contributed by atoms with Crippen LogP contribution in [0.3, 0.4) is 0 Å². The molecule has 1 unspecified atom stereocenters. The number of piperazine rings is 1. The van der Waals surface area contributed by atoms with Gasteiger partial charge in [0.15, 0.2) is 5.84 Å². The molecule has 1 atom stereocenters. The number of carbonyl (C=O) groups is 1. The van der Waals surface area contributed by atoms with Crippen LogP contribution in [0.25, 0.3) is 0 Å². The lowest BCUT2D eigenvalue weighted by Crippen LogP contribution is -2.46. The summed E-state index contributed by atoms with van der Waals surface area (Å²) in [5, 5.41) is 15.3. The number of para-hydroxylation sites is 1. The molecular weight excluding hydrogens is 428 g/mol. The van der Waals surface area contributed by atoms with Crippen LogP contribution in [0.2, 0.25) is 0 Å². The van der Waals surface area contributed by atoms with E-state index in [2.05, 4.69) is 25.3 Å². The highest BCUT2D eigenvalue weighted by molar-refractivity contribution is 6.48. The van der Waals surface area contributed by atoms with Gasteiger partial charge in [0, 0.05) is 50.2 Å². The van der Waals surface area contributed by atoms with E-state index in [4.69, 9.17) is 0 Å². The molecule has 0 bridgehead atoms. The molecule has 8 heteroatoms. The molecule has 1 fully saturated rings. The Hall–Kier alpha value is -3.91. The number of fused-ring (bicyclic) bond motifs is 3. The summed E-state index contributed by atoms with van der Waals surface area (Å²) >= 11 is 0. The Balaban J connectivity index is 1.30. The van der Waals surface area contributed by atoms with Crippen molar-refractivity contribution in [1.82, 2.24) is 15.3 Å². The Labute approximate surface area is 198 Å². The molecule has 1 aromatic heterocycles. The van der Waals surface area contributed by atoms with Gasteiger partial charge in [-0.1, -0.05) is 36.4 Å². The molecule has 2 N–H and O–H groups in total. The molecule has 6 rings (SSSR count). The molecule has 3 aliphatic heterocycles. The van der Waals surface area contributed by atoms with Gasteiger partial charge in [0.1, 0.15) is 18.2 Å². The van der Waals surface area contributed by atoms with Crippen LogP contribution in [0.1, 0.15) is 22.6 Å². The summed E-state index contributed by atoms with van der Waals surface area (Å²) in [6.07, 6.45) is 1.82. The first kappa shape index (κ1) is 20.7. The Morgan fingerprint density at radius 2 is 1.79 bits per heavy atom. The number of carbonyl (C=O) groups excluding carboxylic acids is 1. The minimum atomic E-state index is -0.586. The number of nitrogens with one attached hydrogen (secondary N) is 1. The summed E-state index contributed by atoms with van der Waals surface area (Å²) in [7, 11) is 0. The standard InChI is InChI=1S/C26H26N6O2/c33-21-9-5-6-18(16-30-12-14-31(15-13-30)22-10-3-4-11-27-22)23(21)24-19-7-1-2-8-20(19)32-17-28-29-26(32)25(24)34/h1-11,24,28,33H,12-17H2. The van der Waals surface area contributed by atoms with E-state index < -0.39 is 5.92 Å². The number of ketones is 1. The van der Waals surface area contributed by atoms with Crippen LogP contribution in [0.5, 0.6) is 5.75 Å². The second-order valence-electron chi connectivity index (χ2n) is 8.84. The maximum atomic E-state index is 13.6. The van der Waals surface area contributed by atoms with Gasteiger partial charge in [-0.05, 0) is 35.4 Å². The quantitative estimate of drug-likeness (QED) is 0.627. The van der Waals surface area contributed by atoms with Gasteiger partial charge >= 0.3 is 0 Å². The molecule has 3 aromatic rings. The van der Waals surface area contributed by atoms with E-state index in [0.717, 1.165) is 48.8 Å². The lowest BCUT2D eigenvalue weighted by Gasteiger charge is -2.36. The van der Waals surface area contributed by atoms with Crippen molar-refractivity contribution in [2.45, 2.75) is 12.5 Å². The number of anilines is 2. The lowest BCUT2D eigenvalue weighted by atomic mass is 9.80. The van der Waals surface area contributed by atoms with Crippen LogP contribution in [0.4, 0.5) is 11.5 Å². The fourth-order valence-corrected chi connectivity index (χ4v) is 5.23. The summed E-state index contributed by atoms with van der Waals surface area (Å²) in [5.41, 5.74) is 6.44. The average Bonchev–Trinajstić information content (AvgIpc) is 3.37. The van der Waals surface area contributed by atoms with E-state index in [1.165, 1.54) is 0 Å². The zero-order valence-electron chi connectivity index (χ0n) is 18.8. The Bertz CT molecular complexity index is 1250. The minimum Gasteiger partial charge on any atom is -0.508 e. The predicted octanol–water partition coefficient (Wildman–Crippen LogP) is 2.50. The van der Waals surface area contributed by atoms with E-state index in [1.807, 2.05) is 65.7 Å². The van der Waals surface area contributed by atoms with Gasteiger partial charge in [0.2, 0.25) is 5.78 Å². The van der Waals surface area contributed by atoms with Gasteiger partial charge in [-0.25, -0.2) is 4.98 Å². The molecular formula is C26H26N6O2. The molecule has 1 saturated heterocycles. The van der Waals surface area contributed by atoms with Crippen molar-refractivity contribution in [2.75, 3.05) is 42.6 Å². The van der Waals surface area contributed by atoms with Gasteiger partial charge < -0.3 is 14.9 Å². The summed E-state index contributed by atoms with van der Waals surface area (Å²) in [4.78, 5) is 24.7. The first-order chi connectivity index (χ1) is 16.7. The first-order valence-electron chi connectivity index (χ1n) is 11.6. The molecule has 2 aromatic carbocycles. The molecule has 3 aliphatic rings. The van der Waals surface area contributed by atoms with E-state index in [0.29, 0.717) is 24.6 Å². The average molecular weight is 455 g/mol. The van der Waals surface area contributed by atoms with Crippen LogP contribution in [-0.4, -0.2) is 59.5 Å². The van der Waals surface area contributed by atoms with E-state index >= 15 is 0 Å². The smallest absolute Gasteiger partial charge is 0.212 e. The van der Waals surface area contributed by atoms with E-state index in [9.17, 15) is 9.90 Å². The number of hydrazone groups is 1. The van der Waals surface area contributed by atoms with Crippen molar-refractivity contribution in [3.8, 4) is 5.75 Å². The Kier molecular flexibility index (Phi) is 5.15. The maximum absolute atomic E-state index is 13.6. The zero-order valence-corrected chi connectivity index (χ0v) is 18.8. The molecule has 0 aliphatic carbocycles. The second-order valence-corrected chi connectivity index (χ2v) is 8.84. The van der Waals surface area contributed by atoms with Crippen LogP contribution in [0.15, 0.2) is 72.0 Å². The zero-order chi connectivity index (χ0) is 23.1. The van der Waals surface area contributed by atoms with Crippen molar-refractivity contribution in [3.05, 3.63) is 83.6 Å².